The number of alkyl halides is 3. The lowest BCUT2D eigenvalue weighted by Crippen LogP contribution is -2.41. The average molecular weight is 419 g/mol. The molecule has 0 radical (unpaired) electrons. The summed E-state index contributed by atoms with van der Waals surface area (Å²) in [5, 5.41) is 0. The first-order valence-corrected chi connectivity index (χ1v) is 10.1. The SMILES string of the molecule is Cc1c(Cc2ccc(OC(F)(F)F)cc2)cc2c(c1C)CN(C1CCCOC1)C2=O. The summed E-state index contributed by atoms with van der Waals surface area (Å²) >= 11 is 0. The quantitative estimate of drug-likeness (QED) is 0.706. The first kappa shape index (κ1) is 20.7. The highest BCUT2D eigenvalue weighted by atomic mass is 19.4. The molecule has 2 aliphatic heterocycles. The Kier molecular flexibility index (Phi) is 5.49. The van der Waals surface area contributed by atoms with Gasteiger partial charge in [-0.25, -0.2) is 0 Å². The lowest BCUT2D eigenvalue weighted by Gasteiger charge is -2.30. The molecule has 7 heteroatoms. The second kappa shape index (κ2) is 7.95. The molecule has 30 heavy (non-hydrogen) atoms. The van der Waals surface area contributed by atoms with Crippen molar-refractivity contribution >= 4 is 5.91 Å². The van der Waals surface area contributed by atoms with Crippen LogP contribution in [0.2, 0.25) is 0 Å². The fraction of sp³-hybridized carbons (Fsp3) is 0.435. The molecule has 0 spiro atoms. The number of ether oxygens (including phenoxy) is 2. The lowest BCUT2D eigenvalue weighted by molar-refractivity contribution is -0.274. The van der Waals surface area contributed by atoms with Gasteiger partial charge in [-0.15, -0.1) is 13.2 Å². The highest BCUT2D eigenvalue weighted by molar-refractivity contribution is 5.99. The van der Waals surface area contributed by atoms with Crippen molar-refractivity contribution in [3.63, 3.8) is 0 Å². The molecule has 4 nitrogen and oxygen atoms in total. The van der Waals surface area contributed by atoms with Gasteiger partial charge in [0.1, 0.15) is 5.75 Å². The summed E-state index contributed by atoms with van der Waals surface area (Å²) < 4.78 is 46.5. The molecule has 2 aromatic carbocycles. The van der Waals surface area contributed by atoms with Gasteiger partial charge in [0.05, 0.1) is 12.6 Å². The molecule has 0 bridgehead atoms. The summed E-state index contributed by atoms with van der Waals surface area (Å²) in [5.41, 5.74) is 5.88. The first-order valence-electron chi connectivity index (χ1n) is 10.1. The summed E-state index contributed by atoms with van der Waals surface area (Å²) in [6, 6.07) is 7.93. The average Bonchev–Trinajstić information content (AvgIpc) is 3.03. The van der Waals surface area contributed by atoms with Crippen molar-refractivity contribution in [2.24, 2.45) is 0 Å². The van der Waals surface area contributed by atoms with Crippen molar-refractivity contribution < 1.29 is 27.4 Å². The zero-order valence-corrected chi connectivity index (χ0v) is 17.0. The Morgan fingerprint density at radius 1 is 1.17 bits per heavy atom. The molecular weight excluding hydrogens is 395 g/mol. The van der Waals surface area contributed by atoms with Gasteiger partial charge in [0, 0.05) is 18.7 Å². The Bertz CT molecular complexity index is 948. The molecule has 0 N–H and O–H groups in total. The van der Waals surface area contributed by atoms with Crippen LogP contribution in [-0.4, -0.2) is 36.4 Å². The van der Waals surface area contributed by atoms with E-state index in [-0.39, 0.29) is 17.7 Å². The van der Waals surface area contributed by atoms with E-state index in [4.69, 9.17) is 4.74 Å². The molecule has 2 heterocycles. The third kappa shape index (κ3) is 4.17. The van der Waals surface area contributed by atoms with E-state index < -0.39 is 6.36 Å². The van der Waals surface area contributed by atoms with Gasteiger partial charge in [0.25, 0.3) is 5.91 Å². The van der Waals surface area contributed by atoms with E-state index in [0.717, 1.165) is 52.8 Å². The smallest absolute Gasteiger partial charge is 0.406 e. The lowest BCUT2D eigenvalue weighted by atomic mass is 9.91. The topological polar surface area (TPSA) is 38.8 Å². The molecule has 0 aromatic heterocycles. The Morgan fingerprint density at radius 2 is 1.90 bits per heavy atom. The predicted octanol–water partition coefficient (Wildman–Crippen LogP) is 4.93. The molecule has 0 saturated carbocycles. The van der Waals surface area contributed by atoms with Crippen molar-refractivity contribution in [1.82, 2.24) is 4.90 Å². The minimum atomic E-state index is -4.70. The number of fused-ring (bicyclic) bond motifs is 1. The Morgan fingerprint density at radius 3 is 2.53 bits per heavy atom. The second-order valence-electron chi connectivity index (χ2n) is 7.98. The van der Waals surface area contributed by atoms with Crippen molar-refractivity contribution in [3.05, 3.63) is 63.7 Å². The molecule has 2 aromatic rings. The van der Waals surface area contributed by atoms with Gasteiger partial charge < -0.3 is 14.4 Å². The highest BCUT2D eigenvalue weighted by Gasteiger charge is 2.35. The fourth-order valence-corrected chi connectivity index (χ4v) is 4.31. The van der Waals surface area contributed by atoms with E-state index in [2.05, 4.69) is 4.74 Å². The van der Waals surface area contributed by atoms with Gasteiger partial charge in [0.2, 0.25) is 0 Å². The van der Waals surface area contributed by atoms with Crippen molar-refractivity contribution in [3.8, 4) is 5.75 Å². The Hall–Kier alpha value is -2.54. The van der Waals surface area contributed by atoms with Crippen molar-refractivity contribution in [2.45, 2.75) is 52.1 Å². The first-order chi connectivity index (χ1) is 14.2. The van der Waals surface area contributed by atoms with E-state index in [1.54, 1.807) is 12.1 Å². The summed E-state index contributed by atoms with van der Waals surface area (Å²) in [6.07, 6.45) is -2.25. The molecule has 1 amide bonds. The van der Waals surface area contributed by atoms with Crippen LogP contribution < -0.4 is 4.74 Å². The van der Waals surface area contributed by atoms with Crippen LogP contribution >= 0.6 is 0 Å². The van der Waals surface area contributed by atoms with Crippen LogP contribution in [0, 0.1) is 13.8 Å². The molecule has 4 rings (SSSR count). The van der Waals surface area contributed by atoms with Crippen LogP contribution in [0.25, 0.3) is 0 Å². The normalized spacial score (nSPS) is 19.2. The van der Waals surface area contributed by atoms with Crippen LogP contribution in [0.1, 0.15) is 51.0 Å². The maximum atomic E-state index is 13.1. The summed E-state index contributed by atoms with van der Waals surface area (Å²) in [6.45, 7) is 6.01. The molecule has 1 unspecified atom stereocenters. The standard InChI is InChI=1S/C23H24F3NO3/c1-14-15(2)21-12-27(18-4-3-9-29-13-18)22(28)20(21)11-17(14)10-16-5-7-19(8-6-16)30-23(24,25)26/h5-8,11,18H,3-4,9-10,12-13H2,1-2H3. The Balaban J connectivity index is 1.56. The molecule has 1 fully saturated rings. The molecule has 1 saturated heterocycles. The molecule has 160 valence electrons. The number of carbonyl (C=O) groups excluding carboxylic acids is 1. The predicted molar refractivity (Wildman–Crippen MR) is 106 cm³/mol. The largest absolute Gasteiger partial charge is 0.573 e. The van der Waals surface area contributed by atoms with Gasteiger partial charge in [-0.1, -0.05) is 12.1 Å². The molecular formula is C23H24F3NO3. The van der Waals surface area contributed by atoms with Crippen LogP contribution in [0.5, 0.6) is 5.75 Å². The zero-order valence-electron chi connectivity index (χ0n) is 17.0. The number of hydrogen-bond acceptors (Lipinski definition) is 3. The molecule has 1 atom stereocenters. The van der Waals surface area contributed by atoms with Crippen LogP contribution in [0.4, 0.5) is 13.2 Å². The number of halogens is 3. The number of amides is 1. The van der Waals surface area contributed by atoms with E-state index in [9.17, 15) is 18.0 Å². The van der Waals surface area contributed by atoms with Gasteiger partial charge in [0.15, 0.2) is 0 Å². The summed E-state index contributed by atoms with van der Waals surface area (Å²) in [7, 11) is 0. The van der Waals surface area contributed by atoms with E-state index in [1.807, 2.05) is 24.8 Å². The van der Waals surface area contributed by atoms with Gasteiger partial charge >= 0.3 is 6.36 Å². The van der Waals surface area contributed by atoms with Crippen molar-refractivity contribution in [2.75, 3.05) is 13.2 Å². The zero-order chi connectivity index (χ0) is 21.5. The number of rotatable bonds is 4. The third-order valence-electron chi connectivity index (χ3n) is 6.09. The minimum Gasteiger partial charge on any atom is -0.406 e. The van der Waals surface area contributed by atoms with Gasteiger partial charge in [-0.05, 0) is 79.1 Å². The monoisotopic (exact) mass is 419 g/mol. The summed E-state index contributed by atoms with van der Waals surface area (Å²) in [5.74, 6) is -0.201. The van der Waals surface area contributed by atoms with E-state index in [1.165, 1.54) is 12.1 Å². The summed E-state index contributed by atoms with van der Waals surface area (Å²) in [4.78, 5) is 15.0. The molecule has 2 aliphatic rings. The number of benzene rings is 2. The Labute approximate surface area is 173 Å². The van der Waals surface area contributed by atoms with Crippen molar-refractivity contribution in [1.29, 1.82) is 0 Å². The second-order valence-corrected chi connectivity index (χ2v) is 7.98. The number of nitrogens with zero attached hydrogens (tertiary/aromatic N) is 1. The molecule has 0 aliphatic carbocycles. The maximum Gasteiger partial charge on any atom is 0.573 e. The van der Waals surface area contributed by atoms with Crippen LogP contribution in [0.3, 0.4) is 0 Å². The van der Waals surface area contributed by atoms with Crippen LogP contribution in [0.15, 0.2) is 30.3 Å². The van der Waals surface area contributed by atoms with Gasteiger partial charge in [-0.2, -0.15) is 0 Å². The van der Waals surface area contributed by atoms with E-state index in [0.29, 0.717) is 19.6 Å². The maximum absolute atomic E-state index is 13.1. The third-order valence-corrected chi connectivity index (χ3v) is 6.09. The highest BCUT2D eigenvalue weighted by Crippen LogP contribution is 2.34. The van der Waals surface area contributed by atoms with E-state index >= 15 is 0 Å². The minimum absolute atomic E-state index is 0.0405. The number of carbonyl (C=O) groups is 1. The van der Waals surface area contributed by atoms with Crippen LogP contribution in [-0.2, 0) is 17.7 Å². The van der Waals surface area contributed by atoms with Gasteiger partial charge in [-0.3, -0.25) is 4.79 Å². The fourth-order valence-electron chi connectivity index (χ4n) is 4.31. The number of hydrogen-bond donors (Lipinski definition) is 0.